The number of amides is 1. The van der Waals surface area contributed by atoms with E-state index in [1.807, 2.05) is 11.9 Å². The maximum Gasteiger partial charge on any atom is 0.239 e. The number of para-hydroxylation sites is 1. The van der Waals surface area contributed by atoms with E-state index in [9.17, 15) is 4.79 Å². The number of carbonyl (C=O) groups is 1. The third kappa shape index (κ3) is 3.43. The van der Waals surface area contributed by atoms with Crippen LogP contribution >= 0.6 is 0 Å². The van der Waals surface area contributed by atoms with Gasteiger partial charge >= 0.3 is 0 Å². The SMILES string of the molecule is CN(C(=O)[C@H]1CCCCN1)C1CCCN(c2ccccc2)C1. The highest BCUT2D eigenvalue weighted by molar-refractivity contribution is 5.82. The van der Waals surface area contributed by atoms with Crippen LogP contribution in [0.4, 0.5) is 5.69 Å². The smallest absolute Gasteiger partial charge is 0.239 e. The van der Waals surface area contributed by atoms with E-state index < -0.39 is 0 Å². The first-order valence-corrected chi connectivity index (χ1v) is 8.56. The van der Waals surface area contributed by atoms with Gasteiger partial charge in [-0.15, -0.1) is 0 Å². The second-order valence-corrected chi connectivity index (χ2v) is 6.53. The number of nitrogens with zero attached hydrogens (tertiary/aromatic N) is 2. The first-order chi connectivity index (χ1) is 10.8. The molecule has 0 aliphatic carbocycles. The lowest BCUT2D eigenvalue weighted by atomic mass is 10.00. The minimum Gasteiger partial charge on any atom is -0.369 e. The molecule has 2 aliphatic heterocycles. The van der Waals surface area contributed by atoms with E-state index in [1.54, 1.807) is 0 Å². The summed E-state index contributed by atoms with van der Waals surface area (Å²) in [5.41, 5.74) is 1.27. The molecule has 1 N–H and O–H groups in total. The number of nitrogens with one attached hydrogen (secondary N) is 1. The maximum atomic E-state index is 12.7. The zero-order valence-corrected chi connectivity index (χ0v) is 13.5. The standard InChI is InChI=1S/C18H27N3O/c1-20(18(22)17-11-5-6-12-19-17)16-10-7-13-21(14-16)15-8-3-2-4-9-15/h2-4,8-9,16-17,19H,5-7,10-14H2,1H3/t16?,17-/m1/s1. The molecule has 4 nitrogen and oxygen atoms in total. The van der Waals surface area contributed by atoms with Crippen molar-refractivity contribution in [3.05, 3.63) is 30.3 Å². The minimum absolute atomic E-state index is 0.0332. The van der Waals surface area contributed by atoms with Crippen molar-refractivity contribution in [1.29, 1.82) is 0 Å². The number of likely N-dealkylation sites (N-methyl/N-ethyl adjacent to an activating group) is 1. The van der Waals surface area contributed by atoms with Crippen molar-refractivity contribution in [1.82, 2.24) is 10.2 Å². The molecule has 2 saturated heterocycles. The fraction of sp³-hybridized carbons (Fsp3) is 0.611. The molecule has 1 amide bonds. The van der Waals surface area contributed by atoms with Crippen molar-refractivity contribution in [3.8, 4) is 0 Å². The minimum atomic E-state index is 0.0332. The number of rotatable bonds is 3. The van der Waals surface area contributed by atoms with Crippen LogP contribution < -0.4 is 10.2 Å². The lowest BCUT2D eigenvalue weighted by molar-refractivity contribution is -0.135. The first-order valence-electron chi connectivity index (χ1n) is 8.56. The maximum absolute atomic E-state index is 12.7. The van der Waals surface area contributed by atoms with Crippen molar-refractivity contribution >= 4 is 11.6 Å². The topological polar surface area (TPSA) is 35.6 Å². The monoisotopic (exact) mass is 301 g/mol. The summed E-state index contributed by atoms with van der Waals surface area (Å²) in [7, 11) is 1.98. The summed E-state index contributed by atoms with van der Waals surface area (Å²) in [6, 6.07) is 10.9. The van der Waals surface area contributed by atoms with Gasteiger partial charge in [0, 0.05) is 31.9 Å². The van der Waals surface area contributed by atoms with Crippen LogP contribution in [0.25, 0.3) is 0 Å². The van der Waals surface area contributed by atoms with Crippen LogP contribution in [-0.2, 0) is 4.79 Å². The van der Waals surface area contributed by atoms with Crippen molar-refractivity contribution in [2.24, 2.45) is 0 Å². The fourth-order valence-corrected chi connectivity index (χ4v) is 3.63. The average Bonchev–Trinajstić information content (AvgIpc) is 2.62. The predicted octanol–water partition coefficient (Wildman–Crippen LogP) is 2.26. The van der Waals surface area contributed by atoms with Gasteiger partial charge in [-0.05, 0) is 44.4 Å². The van der Waals surface area contributed by atoms with Gasteiger partial charge in [-0.1, -0.05) is 24.6 Å². The lowest BCUT2D eigenvalue weighted by Gasteiger charge is -2.40. The lowest BCUT2D eigenvalue weighted by Crippen LogP contribution is -2.54. The molecular formula is C18H27N3O. The first kappa shape index (κ1) is 15.3. The number of anilines is 1. The van der Waals surface area contributed by atoms with Crippen LogP contribution in [0.1, 0.15) is 32.1 Å². The molecule has 22 heavy (non-hydrogen) atoms. The Balaban J connectivity index is 1.62. The normalized spacial score (nSPS) is 25.8. The molecule has 0 bridgehead atoms. The van der Waals surface area contributed by atoms with E-state index in [1.165, 1.54) is 12.1 Å². The van der Waals surface area contributed by atoms with E-state index in [2.05, 4.69) is 40.5 Å². The van der Waals surface area contributed by atoms with E-state index >= 15 is 0 Å². The van der Waals surface area contributed by atoms with Crippen LogP contribution in [0.3, 0.4) is 0 Å². The quantitative estimate of drug-likeness (QED) is 0.930. The molecule has 1 aromatic rings. The van der Waals surface area contributed by atoms with Crippen LogP contribution in [0.15, 0.2) is 30.3 Å². The summed E-state index contributed by atoms with van der Waals surface area (Å²) >= 11 is 0. The molecule has 0 saturated carbocycles. The van der Waals surface area contributed by atoms with Gasteiger partial charge < -0.3 is 15.1 Å². The van der Waals surface area contributed by atoms with E-state index in [0.29, 0.717) is 6.04 Å². The van der Waals surface area contributed by atoms with Gasteiger partial charge in [0.25, 0.3) is 0 Å². The zero-order chi connectivity index (χ0) is 15.4. The van der Waals surface area contributed by atoms with E-state index in [-0.39, 0.29) is 11.9 Å². The fourth-order valence-electron chi connectivity index (χ4n) is 3.63. The Morgan fingerprint density at radius 1 is 1.18 bits per heavy atom. The van der Waals surface area contributed by atoms with Crippen LogP contribution in [0.2, 0.25) is 0 Å². The van der Waals surface area contributed by atoms with E-state index in [0.717, 1.165) is 45.3 Å². The largest absolute Gasteiger partial charge is 0.369 e. The Hall–Kier alpha value is -1.55. The van der Waals surface area contributed by atoms with Crippen LogP contribution in [0.5, 0.6) is 0 Å². The molecule has 120 valence electrons. The van der Waals surface area contributed by atoms with Crippen molar-refractivity contribution in [2.75, 3.05) is 31.6 Å². The molecule has 0 radical (unpaired) electrons. The Bertz CT molecular complexity index is 484. The van der Waals surface area contributed by atoms with Gasteiger partial charge in [-0.3, -0.25) is 4.79 Å². The Labute approximate surface area is 133 Å². The summed E-state index contributed by atoms with van der Waals surface area (Å²) < 4.78 is 0. The average molecular weight is 301 g/mol. The molecule has 0 spiro atoms. The molecule has 2 heterocycles. The summed E-state index contributed by atoms with van der Waals surface area (Å²) in [5.74, 6) is 0.277. The second-order valence-electron chi connectivity index (χ2n) is 6.53. The molecule has 0 aromatic heterocycles. The third-order valence-electron chi connectivity index (χ3n) is 5.02. The predicted molar refractivity (Wildman–Crippen MR) is 90.1 cm³/mol. The molecule has 1 aromatic carbocycles. The summed E-state index contributed by atoms with van der Waals surface area (Å²) in [4.78, 5) is 17.1. The summed E-state index contributed by atoms with van der Waals surface area (Å²) in [5, 5.41) is 3.38. The number of hydrogen-bond donors (Lipinski definition) is 1. The summed E-state index contributed by atoms with van der Waals surface area (Å²) in [6.45, 7) is 3.01. The van der Waals surface area contributed by atoms with E-state index in [4.69, 9.17) is 0 Å². The van der Waals surface area contributed by atoms with Gasteiger partial charge in [0.2, 0.25) is 5.91 Å². The Kier molecular flexibility index (Phi) is 4.98. The van der Waals surface area contributed by atoms with Gasteiger partial charge in [-0.2, -0.15) is 0 Å². The van der Waals surface area contributed by atoms with Crippen LogP contribution in [-0.4, -0.2) is 49.6 Å². The molecule has 2 atom stereocenters. The number of benzene rings is 1. The summed E-state index contributed by atoms with van der Waals surface area (Å²) in [6.07, 6.45) is 5.60. The van der Waals surface area contributed by atoms with Crippen molar-refractivity contribution in [3.63, 3.8) is 0 Å². The zero-order valence-electron chi connectivity index (χ0n) is 13.5. The van der Waals surface area contributed by atoms with Crippen LogP contribution in [0, 0.1) is 0 Å². The number of piperidine rings is 2. The number of carbonyl (C=O) groups excluding carboxylic acids is 1. The van der Waals surface area contributed by atoms with Gasteiger partial charge in [-0.25, -0.2) is 0 Å². The molecule has 2 aliphatic rings. The Morgan fingerprint density at radius 2 is 2.00 bits per heavy atom. The highest BCUT2D eigenvalue weighted by Gasteiger charge is 2.30. The third-order valence-corrected chi connectivity index (χ3v) is 5.02. The molecule has 4 heteroatoms. The second kappa shape index (κ2) is 7.14. The highest BCUT2D eigenvalue weighted by Crippen LogP contribution is 2.22. The Morgan fingerprint density at radius 3 is 2.73 bits per heavy atom. The molecular weight excluding hydrogens is 274 g/mol. The molecule has 2 fully saturated rings. The molecule has 1 unspecified atom stereocenters. The van der Waals surface area contributed by atoms with Crippen molar-refractivity contribution < 1.29 is 4.79 Å². The number of hydrogen-bond acceptors (Lipinski definition) is 3. The molecule has 3 rings (SSSR count). The van der Waals surface area contributed by atoms with Gasteiger partial charge in [0.15, 0.2) is 0 Å². The van der Waals surface area contributed by atoms with Gasteiger partial charge in [0.05, 0.1) is 6.04 Å². The van der Waals surface area contributed by atoms with Crippen molar-refractivity contribution in [2.45, 2.75) is 44.2 Å². The van der Waals surface area contributed by atoms with Gasteiger partial charge in [0.1, 0.15) is 0 Å². The highest BCUT2D eigenvalue weighted by atomic mass is 16.2.